The van der Waals surface area contributed by atoms with Crippen LogP contribution in [0.15, 0.2) is 46.9 Å². The molecule has 0 spiro atoms. The predicted octanol–water partition coefficient (Wildman–Crippen LogP) is 4.31. The van der Waals surface area contributed by atoms with Crippen molar-refractivity contribution in [2.45, 2.75) is 18.6 Å². The Balaban J connectivity index is 1.54. The van der Waals surface area contributed by atoms with Crippen LogP contribution in [0.5, 0.6) is 5.75 Å². The number of carbonyl (C=O) groups excluding carboxylic acids is 2. The highest BCUT2D eigenvalue weighted by Crippen LogP contribution is 2.34. The lowest BCUT2D eigenvalue weighted by Crippen LogP contribution is -2.21. The van der Waals surface area contributed by atoms with Crippen LogP contribution in [0.2, 0.25) is 0 Å². The van der Waals surface area contributed by atoms with E-state index in [9.17, 15) is 9.59 Å². The zero-order valence-electron chi connectivity index (χ0n) is 15.6. The Kier molecular flexibility index (Phi) is 5.00. The van der Waals surface area contributed by atoms with Crippen LogP contribution in [-0.4, -0.2) is 29.9 Å². The van der Waals surface area contributed by atoms with Crippen LogP contribution < -0.4 is 15.4 Å². The SMILES string of the molecule is CSC(C)C(=O)Nc1ccc2oc(C(=O)Nc3cccc4c3OCC4)cc2c1. The molecule has 2 N–H and O–H groups in total. The number of amides is 2. The van der Waals surface area contributed by atoms with Crippen molar-refractivity contribution in [3.63, 3.8) is 0 Å². The zero-order chi connectivity index (χ0) is 19.7. The molecule has 3 aromatic rings. The number of para-hydroxylation sites is 1. The zero-order valence-corrected chi connectivity index (χ0v) is 16.4. The highest BCUT2D eigenvalue weighted by Gasteiger charge is 2.20. The van der Waals surface area contributed by atoms with Crippen molar-refractivity contribution in [2.24, 2.45) is 0 Å². The molecule has 1 atom stereocenters. The highest BCUT2D eigenvalue weighted by atomic mass is 32.2. The predicted molar refractivity (Wildman–Crippen MR) is 111 cm³/mol. The maximum atomic E-state index is 12.6. The number of hydrogen-bond donors (Lipinski definition) is 2. The number of furan rings is 1. The van der Waals surface area contributed by atoms with Crippen LogP contribution >= 0.6 is 11.8 Å². The number of carbonyl (C=O) groups is 2. The third kappa shape index (κ3) is 3.57. The van der Waals surface area contributed by atoms with Crippen molar-refractivity contribution in [3.8, 4) is 5.75 Å². The van der Waals surface area contributed by atoms with Crippen LogP contribution in [0.25, 0.3) is 11.0 Å². The Morgan fingerprint density at radius 2 is 2.00 bits per heavy atom. The Labute approximate surface area is 166 Å². The Morgan fingerprint density at radius 1 is 1.14 bits per heavy atom. The van der Waals surface area contributed by atoms with Gasteiger partial charge in [-0.15, -0.1) is 0 Å². The molecule has 0 saturated carbocycles. The fourth-order valence-corrected chi connectivity index (χ4v) is 3.35. The van der Waals surface area contributed by atoms with Crippen LogP contribution in [0.3, 0.4) is 0 Å². The highest BCUT2D eigenvalue weighted by molar-refractivity contribution is 7.99. The summed E-state index contributed by atoms with van der Waals surface area (Å²) in [6.07, 6.45) is 2.73. The number of fused-ring (bicyclic) bond motifs is 2. The molecular weight excluding hydrogens is 376 g/mol. The Bertz CT molecular complexity index is 1060. The van der Waals surface area contributed by atoms with Crippen molar-refractivity contribution in [2.75, 3.05) is 23.5 Å². The lowest BCUT2D eigenvalue weighted by atomic mass is 10.1. The van der Waals surface area contributed by atoms with Gasteiger partial charge in [0, 0.05) is 17.5 Å². The third-order valence-electron chi connectivity index (χ3n) is 4.69. The maximum absolute atomic E-state index is 12.6. The van der Waals surface area contributed by atoms with E-state index in [1.165, 1.54) is 11.8 Å². The van der Waals surface area contributed by atoms with Gasteiger partial charge in [-0.2, -0.15) is 11.8 Å². The van der Waals surface area contributed by atoms with E-state index in [1.807, 2.05) is 31.4 Å². The largest absolute Gasteiger partial charge is 0.491 e. The van der Waals surface area contributed by atoms with Crippen LogP contribution in [0.4, 0.5) is 11.4 Å². The molecular formula is C21H20N2O4S. The quantitative estimate of drug-likeness (QED) is 0.672. The first-order chi connectivity index (χ1) is 13.5. The molecule has 1 aliphatic rings. The van der Waals surface area contributed by atoms with Gasteiger partial charge < -0.3 is 19.8 Å². The normalized spacial score (nSPS) is 13.6. The summed E-state index contributed by atoms with van der Waals surface area (Å²) in [6, 6.07) is 12.7. The average Bonchev–Trinajstić information content (AvgIpc) is 3.34. The molecule has 2 aromatic carbocycles. The second kappa shape index (κ2) is 7.59. The lowest BCUT2D eigenvalue weighted by molar-refractivity contribution is -0.115. The van der Waals surface area contributed by atoms with Crippen molar-refractivity contribution < 1.29 is 18.7 Å². The number of hydrogen-bond acceptors (Lipinski definition) is 5. The molecule has 144 valence electrons. The number of anilines is 2. The van der Waals surface area contributed by atoms with Crippen molar-refractivity contribution >= 4 is 45.9 Å². The summed E-state index contributed by atoms with van der Waals surface area (Å²) >= 11 is 1.48. The molecule has 6 nitrogen and oxygen atoms in total. The van der Waals surface area contributed by atoms with Crippen LogP contribution in [0.1, 0.15) is 23.0 Å². The molecule has 28 heavy (non-hydrogen) atoms. The topological polar surface area (TPSA) is 80.6 Å². The molecule has 1 aliphatic heterocycles. The number of ether oxygens (including phenoxy) is 1. The van der Waals surface area contributed by atoms with Gasteiger partial charge >= 0.3 is 0 Å². The van der Waals surface area contributed by atoms with Crippen molar-refractivity contribution in [1.82, 2.24) is 0 Å². The first-order valence-corrected chi connectivity index (χ1v) is 10.3. The van der Waals surface area contributed by atoms with Crippen molar-refractivity contribution in [1.29, 1.82) is 0 Å². The smallest absolute Gasteiger partial charge is 0.291 e. The average molecular weight is 396 g/mol. The second-order valence-electron chi connectivity index (χ2n) is 6.58. The molecule has 0 saturated heterocycles. The molecule has 1 unspecified atom stereocenters. The van der Waals surface area contributed by atoms with E-state index >= 15 is 0 Å². The molecule has 1 aromatic heterocycles. The van der Waals surface area contributed by atoms with E-state index in [4.69, 9.17) is 9.15 Å². The lowest BCUT2D eigenvalue weighted by Gasteiger charge is -2.09. The van der Waals surface area contributed by atoms with Gasteiger partial charge in [0.05, 0.1) is 17.5 Å². The summed E-state index contributed by atoms with van der Waals surface area (Å²) in [6.45, 7) is 2.47. The minimum atomic E-state index is -0.346. The monoisotopic (exact) mass is 396 g/mol. The molecule has 4 rings (SSSR count). The number of benzene rings is 2. The number of nitrogens with one attached hydrogen (secondary N) is 2. The van der Waals surface area contributed by atoms with E-state index in [1.54, 1.807) is 24.3 Å². The van der Waals surface area contributed by atoms with E-state index in [0.717, 1.165) is 23.1 Å². The second-order valence-corrected chi connectivity index (χ2v) is 7.76. The number of rotatable bonds is 5. The van der Waals surface area contributed by atoms with Crippen molar-refractivity contribution in [3.05, 3.63) is 53.8 Å². The summed E-state index contributed by atoms with van der Waals surface area (Å²) in [5, 5.41) is 6.33. The van der Waals surface area contributed by atoms with Crippen LogP contribution in [0, 0.1) is 0 Å². The summed E-state index contributed by atoms with van der Waals surface area (Å²) in [4.78, 5) is 24.7. The standard InChI is InChI=1S/C21H20N2O4S/c1-12(28-2)20(24)22-15-6-7-17-14(10-15)11-18(27-17)21(25)23-16-5-3-4-13-8-9-26-19(13)16/h3-7,10-12H,8-9H2,1-2H3,(H,22,24)(H,23,25). The fourth-order valence-electron chi connectivity index (χ4n) is 3.08. The molecule has 2 heterocycles. The Morgan fingerprint density at radius 3 is 2.82 bits per heavy atom. The summed E-state index contributed by atoms with van der Waals surface area (Å²) < 4.78 is 11.3. The van der Waals surface area contributed by atoms with Gasteiger partial charge in [0.1, 0.15) is 11.3 Å². The maximum Gasteiger partial charge on any atom is 0.291 e. The molecule has 7 heteroatoms. The molecule has 0 bridgehead atoms. The molecule has 0 radical (unpaired) electrons. The summed E-state index contributed by atoms with van der Waals surface area (Å²) in [5.41, 5.74) is 2.97. The minimum Gasteiger partial charge on any atom is -0.491 e. The molecule has 0 aliphatic carbocycles. The third-order valence-corrected chi connectivity index (χ3v) is 5.61. The van der Waals surface area contributed by atoms with E-state index in [2.05, 4.69) is 10.6 Å². The first-order valence-electron chi connectivity index (χ1n) is 8.98. The molecule has 0 fully saturated rings. The van der Waals surface area contributed by atoms with Gasteiger partial charge in [-0.25, -0.2) is 0 Å². The van der Waals surface area contributed by atoms with Gasteiger partial charge in [-0.3, -0.25) is 9.59 Å². The Hall–Kier alpha value is -2.93. The van der Waals surface area contributed by atoms with Gasteiger partial charge in [-0.1, -0.05) is 12.1 Å². The molecule has 2 amide bonds. The van der Waals surface area contributed by atoms with Gasteiger partial charge in [-0.05, 0) is 49.1 Å². The summed E-state index contributed by atoms with van der Waals surface area (Å²) in [7, 11) is 0. The van der Waals surface area contributed by atoms with E-state index in [0.29, 0.717) is 23.6 Å². The summed E-state index contributed by atoms with van der Waals surface area (Å²) in [5.74, 6) is 0.513. The van der Waals surface area contributed by atoms with Gasteiger partial charge in [0.25, 0.3) is 5.91 Å². The van der Waals surface area contributed by atoms with Gasteiger partial charge in [0.2, 0.25) is 5.91 Å². The van der Waals surface area contributed by atoms with Gasteiger partial charge in [0.15, 0.2) is 5.76 Å². The first kappa shape index (κ1) is 18.4. The number of thioether (sulfide) groups is 1. The van der Waals surface area contributed by atoms with E-state index in [-0.39, 0.29) is 22.8 Å². The fraction of sp³-hybridized carbons (Fsp3) is 0.238. The van der Waals surface area contributed by atoms with Crippen LogP contribution in [-0.2, 0) is 11.2 Å². The van der Waals surface area contributed by atoms with E-state index < -0.39 is 0 Å². The minimum absolute atomic E-state index is 0.0637.